The molecule has 5 nitrogen and oxygen atoms in total. The van der Waals surface area contributed by atoms with Gasteiger partial charge in [-0.1, -0.05) is 6.92 Å². The van der Waals surface area contributed by atoms with Crippen LogP contribution in [0.4, 0.5) is 0 Å². The lowest BCUT2D eigenvalue weighted by Gasteiger charge is -2.27. The Kier molecular flexibility index (Phi) is 5.17. The molecule has 0 aliphatic heterocycles. The summed E-state index contributed by atoms with van der Waals surface area (Å²) in [5.74, 6) is 0.835. The Labute approximate surface area is 119 Å². The first kappa shape index (κ1) is 15.0. The van der Waals surface area contributed by atoms with Crippen molar-refractivity contribution >= 4 is 0 Å². The molecule has 1 aliphatic rings. The predicted molar refractivity (Wildman–Crippen MR) is 80.1 cm³/mol. The zero-order valence-electron chi connectivity index (χ0n) is 12.5. The number of nitrogens with one attached hydrogen (secondary N) is 1. The summed E-state index contributed by atoms with van der Waals surface area (Å²) in [4.78, 5) is 23.8. The first-order valence-electron chi connectivity index (χ1n) is 7.65. The molecule has 5 heteroatoms. The fourth-order valence-electron chi connectivity index (χ4n) is 2.85. The van der Waals surface area contributed by atoms with E-state index in [2.05, 4.69) is 12.2 Å². The van der Waals surface area contributed by atoms with E-state index in [4.69, 9.17) is 0 Å². The molecule has 1 heterocycles. The summed E-state index contributed by atoms with van der Waals surface area (Å²) in [5.41, 5.74) is -0.419. The Bertz CT molecular complexity index is 539. The maximum atomic E-state index is 12.0. The molecule has 112 valence electrons. The highest BCUT2D eigenvalue weighted by Gasteiger charge is 2.17. The van der Waals surface area contributed by atoms with Gasteiger partial charge in [0.1, 0.15) is 0 Å². The second kappa shape index (κ2) is 6.88. The van der Waals surface area contributed by atoms with Crippen LogP contribution >= 0.6 is 0 Å². The van der Waals surface area contributed by atoms with Gasteiger partial charge in [0.2, 0.25) is 0 Å². The standard InChI is InChI=1S/C15H25N3O2/c1-3-17-10-8-14(19)18(15(17)20)11-9-16-13-6-4-12(2)5-7-13/h8,10,12-13,16H,3-7,9,11H2,1-2H3. The molecule has 1 N–H and O–H groups in total. The van der Waals surface area contributed by atoms with Crippen LogP contribution in [0.25, 0.3) is 0 Å². The fraction of sp³-hybridized carbons (Fsp3) is 0.733. The van der Waals surface area contributed by atoms with Crippen LogP contribution in [0, 0.1) is 5.92 Å². The number of hydrogen-bond acceptors (Lipinski definition) is 3. The molecule has 0 bridgehead atoms. The Morgan fingerprint density at radius 2 is 1.95 bits per heavy atom. The Balaban J connectivity index is 1.91. The fourth-order valence-corrected chi connectivity index (χ4v) is 2.85. The van der Waals surface area contributed by atoms with Gasteiger partial charge in [0.05, 0.1) is 0 Å². The van der Waals surface area contributed by atoms with Crippen molar-refractivity contribution in [2.45, 2.75) is 58.7 Å². The van der Waals surface area contributed by atoms with E-state index in [9.17, 15) is 9.59 Å². The second-order valence-corrected chi connectivity index (χ2v) is 5.79. The summed E-state index contributed by atoms with van der Waals surface area (Å²) in [6.07, 6.45) is 6.50. The Morgan fingerprint density at radius 1 is 1.25 bits per heavy atom. The lowest BCUT2D eigenvalue weighted by atomic mass is 9.87. The Hall–Kier alpha value is -1.36. The largest absolute Gasteiger partial charge is 0.330 e. The van der Waals surface area contributed by atoms with Gasteiger partial charge >= 0.3 is 5.69 Å². The van der Waals surface area contributed by atoms with Gasteiger partial charge in [-0.05, 0) is 38.5 Å². The van der Waals surface area contributed by atoms with Crippen LogP contribution in [-0.2, 0) is 13.1 Å². The van der Waals surface area contributed by atoms with E-state index < -0.39 is 0 Å². The first-order valence-corrected chi connectivity index (χ1v) is 7.65. The summed E-state index contributed by atoms with van der Waals surface area (Å²) >= 11 is 0. The van der Waals surface area contributed by atoms with Crippen LogP contribution in [0.2, 0.25) is 0 Å². The van der Waals surface area contributed by atoms with E-state index in [-0.39, 0.29) is 11.2 Å². The van der Waals surface area contributed by atoms with Crippen LogP contribution in [0.15, 0.2) is 21.9 Å². The van der Waals surface area contributed by atoms with E-state index in [0.29, 0.717) is 25.7 Å². The molecule has 20 heavy (non-hydrogen) atoms. The quantitative estimate of drug-likeness (QED) is 0.881. The molecule has 0 radical (unpaired) electrons. The predicted octanol–water partition coefficient (Wildman–Crippen LogP) is 1.20. The average molecular weight is 279 g/mol. The van der Waals surface area contributed by atoms with Crippen molar-refractivity contribution < 1.29 is 0 Å². The van der Waals surface area contributed by atoms with Crippen LogP contribution in [0.3, 0.4) is 0 Å². The number of aromatic nitrogens is 2. The molecule has 1 aromatic heterocycles. The van der Waals surface area contributed by atoms with Crippen LogP contribution in [0.1, 0.15) is 39.5 Å². The van der Waals surface area contributed by atoms with E-state index in [1.807, 2.05) is 6.92 Å². The summed E-state index contributed by atoms with van der Waals surface area (Å²) in [6, 6.07) is 2.01. The summed E-state index contributed by atoms with van der Waals surface area (Å²) in [6.45, 7) is 5.92. The minimum absolute atomic E-state index is 0.209. The molecular weight excluding hydrogens is 254 g/mol. The van der Waals surface area contributed by atoms with Gasteiger partial charge in [-0.25, -0.2) is 4.79 Å². The van der Waals surface area contributed by atoms with Crippen molar-refractivity contribution in [1.29, 1.82) is 0 Å². The van der Waals surface area contributed by atoms with Gasteiger partial charge in [-0.15, -0.1) is 0 Å². The molecular formula is C15H25N3O2. The molecule has 0 unspecified atom stereocenters. The lowest BCUT2D eigenvalue weighted by Crippen LogP contribution is -2.42. The van der Waals surface area contributed by atoms with Gasteiger partial charge in [-0.2, -0.15) is 0 Å². The van der Waals surface area contributed by atoms with Gasteiger partial charge in [0.15, 0.2) is 0 Å². The second-order valence-electron chi connectivity index (χ2n) is 5.79. The van der Waals surface area contributed by atoms with Crippen molar-refractivity contribution in [2.24, 2.45) is 5.92 Å². The highest BCUT2D eigenvalue weighted by atomic mass is 16.2. The number of aryl methyl sites for hydroxylation is 1. The van der Waals surface area contributed by atoms with Crippen LogP contribution in [-0.4, -0.2) is 21.7 Å². The number of hydrogen-bond donors (Lipinski definition) is 1. The number of rotatable bonds is 5. The maximum absolute atomic E-state index is 12.0. The van der Waals surface area contributed by atoms with Crippen LogP contribution in [0.5, 0.6) is 0 Å². The monoisotopic (exact) mass is 279 g/mol. The van der Waals surface area contributed by atoms with Crippen molar-refractivity contribution in [2.75, 3.05) is 6.54 Å². The molecule has 0 aromatic carbocycles. The van der Waals surface area contributed by atoms with E-state index in [0.717, 1.165) is 5.92 Å². The molecule has 1 saturated carbocycles. The molecule has 1 fully saturated rings. The van der Waals surface area contributed by atoms with Gasteiger partial charge < -0.3 is 9.88 Å². The average Bonchev–Trinajstić information content (AvgIpc) is 2.44. The van der Waals surface area contributed by atoms with E-state index in [1.165, 1.54) is 36.3 Å². The minimum atomic E-state index is -0.209. The van der Waals surface area contributed by atoms with Gasteiger partial charge in [-0.3, -0.25) is 9.36 Å². The molecule has 1 aromatic rings. The molecule has 0 amide bonds. The highest BCUT2D eigenvalue weighted by molar-refractivity contribution is 4.86. The topological polar surface area (TPSA) is 56.0 Å². The van der Waals surface area contributed by atoms with Crippen molar-refractivity contribution in [3.05, 3.63) is 33.1 Å². The smallest absolute Gasteiger partial charge is 0.312 e. The van der Waals surface area contributed by atoms with Crippen LogP contribution < -0.4 is 16.6 Å². The van der Waals surface area contributed by atoms with Crippen molar-refractivity contribution in [1.82, 2.24) is 14.5 Å². The van der Waals surface area contributed by atoms with Gasteiger partial charge in [0.25, 0.3) is 5.56 Å². The zero-order chi connectivity index (χ0) is 14.5. The molecule has 0 spiro atoms. The van der Waals surface area contributed by atoms with E-state index >= 15 is 0 Å². The third-order valence-corrected chi connectivity index (χ3v) is 4.26. The third-order valence-electron chi connectivity index (χ3n) is 4.26. The normalized spacial score (nSPS) is 22.9. The minimum Gasteiger partial charge on any atom is -0.312 e. The highest BCUT2D eigenvalue weighted by Crippen LogP contribution is 2.23. The Morgan fingerprint density at radius 3 is 2.60 bits per heavy atom. The molecule has 0 atom stereocenters. The molecule has 1 aliphatic carbocycles. The van der Waals surface area contributed by atoms with Crippen molar-refractivity contribution in [3.8, 4) is 0 Å². The number of nitrogens with zero attached hydrogens (tertiary/aromatic N) is 2. The summed E-state index contributed by atoms with van der Waals surface area (Å²) in [7, 11) is 0. The summed E-state index contributed by atoms with van der Waals surface area (Å²) in [5, 5.41) is 3.47. The van der Waals surface area contributed by atoms with Crippen molar-refractivity contribution in [3.63, 3.8) is 0 Å². The SMILES string of the molecule is CCn1ccc(=O)n(CCNC2CCC(C)CC2)c1=O. The van der Waals surface area contributed by atoms with E-state index in [1.54, 1.807) is 10.8 Å². The molecule has 2 rings (SSSR count). The van der Waals surface area contributed by atoms with Gasteiger partial charge in [0, 0.05) is 37.9 Å². The maximum Gasteiger partial charge on any atom is 0.330 e. The first-order chi connectivity index (χ1) is 9.61. The molecule has 0 saturated heterocycles. The summed E-state index contributed by atoms with van der Waals surface area (Å²) < 4.78 is 2.88. The third kappa shape index (κ3) is 3.60. The lowest BCUT2D eigenvalue weighted by molar-refractivity contribution is 0.304. The zero-order valence-corrected chi connectivity index (χ0v) is 12.5.